The number of carbonyl (C=O) groups is 1. The third kappa shape index (κ3) is 2.49. The van der Waals surface area contributed by atoms with E-state index in [0.29, 0.717) is 18.2 Å². The summed E-state index contributed by atoms with van der Waals surface area (Å²) in [5.41, 5.74) is 3.31. The summed E-state index contributed by atoms with van der Waals surface area (Å²) in [5.74, 6) is 0. The molecule has 1 amide bonds. The molecule has 0 aromatic carbocycles. The number of carboxylic acid groups (broad SMARTS) is 1. The fraction of sp³-hybridized carbons (Fsp3) is 0.200. The Labute approximate surface area is 136 Å². The zero-order valence-electron chi connectivity index (χ0n) is 11.9. The van der Waals surface area contributed by atoms with Crippen LogP contribution in [-0.4, -0.2) is 48.9 Å². The van der Waals surface area contributed by atoms with Crippen molar-refractivity contribution < 1.29 is 9.90 Å². The number of fused-ring (bicyclic) bond motifs is 1. The number of hydrogen-bond donors (Lipinski definition) is 1. The van der Waals surface area contributed by atoms with Crippen LogP contribution in [-0.2, 0) is 0 Å². The molecule has 3 aromatic rings. The molecule has 0 atom stereocenters. The molecule has 0 radical (unpaired) electrons. The Morgan fingerprint density at radius 1 is 1.22 bits per heavy atom. The highest BCUT2D eigenvalue weighted by atomic mass is 35.5. The van der Waals surface area contributed by atoms with E-state index < -0.39 is 6.09 Å². The maximum absolute atomic E-state index is 10.8. The summed E-state index contributed by atoms with van der Waals surface area (Å²) < 4.78 is 1.80. The first kappa shape index (κ1) is 14.0. The van der Waals surface area contributed by atoms with Gasteiger partial charge in [0.25, 0.3) is 0 Å². The van der Waals surface area contributed by atoms with Gasteiger partial charge in [-0.2, -0.15) is 5.10 Å². The number of pyridine rings is 2. The Morgan fingerprint density at radius 2 is 2.04 bits per heavy atom. The second-order valence-corrected chi connectivity index (χ2v) is 5.83. The van der Waals surface area contributed by atoms with Crippen LogP contribution in [0.15, 0.2) is 36.8 Å². The SMILES string of the molecule is O=C(O)N1CC(n2cc(-c3cnc4ccc(Cl)nc4c3)cn2)C1. The lowest BCUT2D eigenvalue weighted by Gasteiger charge is -2.36. The van der Waals surface area contributed by atoms with Gasteiger partial charge in [-0.05, 0) is 18.2 Å². The average molecular weight is 330 g/mol. The number of rotatable bonds is 2. The number of likely N-dealkylation sites (tertiary alicyclic amines) is 1. The fourth-order valence-corrected chi connectivity index (χ4v) is 2.76. The highest BCUT2D eigenvalue weighted by molar-refractivity contribution is 6.29. The van der Waals surface area contributed by atoms with Gasteiger partial charge < -0.3 is 10.0 Å². The summed E-state index contributed by atoms with van der Waals surface area (Å²) in [5, 5.41) is 13.6. The van der Waals surface area contributed by atoms with Crippen molar-refractivity contribution in [2.75, 3.05) is 13.1 Å². The van der Waals surface area contributed by atoms with Gasteiger partial charge in [0.05, 0.1) is 23.3 Å². The topological polar surface area (TPSA) is 84.1 Å². The zero-order chi connectivity index (χ0) is 16.0. The molecule has 1 aliphatic heterocycles. The second-order valence-electron chi connectivity index (χ2n) is 5.45. The van der Waals surface area contributed by atoms with Crippen molar-refractivity contribution in [1.82, 2.24) is 24.6 Å². The van der Waals surface area contributed by atoms with Gasteiger partial charge in [0.15, 0.2) is 0 Å². The van der Waals surface area contributed by atoms with Gasteiger partial charge in [-0.15, -0.1) is 0 Å². The zero-order valence-corrected chi connectivity index (χ0v) is 12.7. The second kappa shape index (κ2) is 5.20. The Hall–Kier alpha value is -2.67. The summed E-state index contributed by atoms with van der Waals surface area (Å²) in [6.07, 6.45) is 4.52. The highest BCUT2D eigenvalue weighted by Crippen LogP contribution is 2.26. The smallest absolute Gasteiger partial charge is 0.407 e. The number of hydrogen-bond acceptors (Lipinski definition) is 4. The van der Waals surface area contributed by atoms with E-state index in [1.807, 2.05) is 18.3 Å². The van der Waals surface area contributed by atoms with Crippen molar-refractivity contribution >= 4 is 28.7 Å². The lowest BCUT2D eigenvalue weighted by molar-refractivity contribution is 0.0812. The molecule has 3 aromatic heterocycles. The summed E-state index contributed by atoms with van der Waals surface area (Å²) in [6.45, 7) is 0.924. The molecule has 116 valence electrons. The maximum atomic E-state index is 10.8. The average Bonchev–Trinajstić information content (AvgIpc) is 2.94. The van der Waals surface area contributed by atoms with E-state index in [1.54, 1.807) is 23.1 Å². The largest absolute Gasteiger partial charge is 0.465 e. The van der Waals surface area contributed by atoms with Crippen LogP contribution in [0, 0.1) is 0 Å². The molecule has 0 unspecified atom stereocenters. The summed E-state index contributed by atoms with van der Waals surface area (Å²) in [7, 11) is 0. The maximum Gasteiger partial charge on any atom is 0.407 e. The summed E-state index contributed by atoms with van der Waals surface area (Å²) in [4.78, 5) is 20.8. The first-order valence-electron chi connectivity index (χ1n) is 7.05. The molecule has 1 fully saturated rings. The molecule has 8 heteroatoms. The molecule has 1 saturated heterocycles. The van der Waals surface area contributed by atoms with Crippen molar-refractivity contribution in [3.05, 3.63) is 41.9 Å². The first-order chi connectivity index (χ1) is 11.1. The van der Waals surface area contributed by atoms with Gasteiger partial charge in [0.2, 0.25) is 0 Å². The third-order valence-corrected chi connectivity index (χ3v) is 4.16. The van der Waals surface area contributed by atoms with Gasteiger partial charge in [-0.25, -0.2) is 9.78 Å². The molecule has 1 N–H and O–H groups in total. The van der Waals surface area contributed by atoms with E-state index in [1.165, 1.54) is 4.90 Å². The lowest BCUT2D eigenvalue weighted by atomic mass is 10.1. The Morgan fingerprint density at radius 3 is 2.83 bits per heavy atom. The van der Waals surface area contributed by atoms with Crippen molar-refractivity contribution in [1.29, 1.82) is 0 Å². The van der Waals surface area contributed by atoms with Crippen LogP contribution >= 0.6 is 11.6 Å². The predicted octanol–water partition coefficient (Wildman–Crippen LogP) is 2.68. The Bertz CT molecular complexity index is 904. The van der Waals surface area contributed by atoms with Crippen LogP contribution in [0.5, 0.6) is 0 Å². The minimum absolute atomic E-state index is 0.0841. The molecule has 7 nitrogen and oxygen atoms in total. The highest BCUT2D eigenvalue weighted by Gasteiger charge is 2.32. The van der Waals surface area contributed by atoms with E-state index in [2.05, 4.69) is 15.1 Å². The molecule has 4 heterocycles. The predicted molar refractivity (Wildman–Crippen MR) is 84.4 cm³/mol. The normalized spacial score (nSPS) is 14.9. The Balaban J connectivity index is 1.60. The minimum atomic E-state index is -0.893. The van der Waals surface area contributed by atoms with Crippen molar-refractivity contribution in [2.45, 2.75) is 6.04 Å². The molecular weight excluding hydrogens is 318 g/mol. The van der Waals surface area contributed by atoms with E-state index in [0.717, 1.165) is 22.2 Å². The van der Waals surface area contributed by atoms with Crippen LogP contribution in [0.4, 0.5) is 4.79 Å². The molecule has 0 saturated carbocycles. The first-order valence-corrected chi connectivity index (χ1v) is 7.42. The van der Waals surface area contributed by atoms with Gasteiger partial charge in [-0.3, -0.25) is 9.67 Å². The standard InChI is InChI=1S/C15H12ClN5O2/c16-14-2-1-12-13(19-14)3-9(4-17-12)10-5-18-21(6-10)11-7-20(8-11)15(22)23/h1-6,11H,7-8H2,(H,22,23). The van der Waals surface area contributed by atoms with Gasteiger partial charge in [-0.1, -0.05) is 11.6 Å². The van der Waals surface area contributed by atoms with Crippen molar-refractivity contribution in [3.63, 3.8) is 0 Å². The van der Waals surface area contributed by atoms with Crippen LogP contribution in [0.3, 0.4) is 0 Å². The van der Waals surface area contributed by atoms with Crippen LogP contribution in [0.25, 0.3) is 22.2 Å². The van der Waals surface area contributed by atoms with Gasteiger partial charge in [0.1, 0.15) is 5.15 Å². The van der Waals surface area contributed by atoms with Gasteiger partial charge in [0, 0.05) is 36.6 Å². The molecule has 1 aliphatic rings. The number of nitrogens with zero attached hydrogens (tertiary/aromatic N) is 5. The lowest BCUT2D eigenvalue weighted by Crippen LogP contribution is -2.50. The molecule has 4 rings (SSSR count). The minimum Gasteiger partial charge on any atom is -0.465 e. The third-order valence-electron chi connectivity index (χ3n) is 3.95. The summed E-state index contributed by atoms with van der Waals surface area (Å²) >= 11 is 5.92. The number of amides is 1. The fourth-order valence-electron chi connectivity index (χ4n) is 2.61. The van der Waals surface area contributed by atoms with E-state index in [9.17, 15) is 4.79 Å². The van der Waals surface area contributed by atoms with Crippen molar-refractivity contribution in [3.8, 4) is 11.1 Å². The van der Waals surface area contributed by atoms with Crippen LogP contribution in [0.1, 0.15) is 6.04 Å². The van der Waals surface area contributed by atoms with Crippen molar-refractivity contribution in [2.24, 2.45) is 0 Å². The molecule has 0 aliphatic carbocycles. The Kier molecular flexibility index (Phi) is 3.16. The molecular formula is C15H12ClN5O2. The van der Waals surface area contributed by atoms with Crippen LogP contribution < -0.4 is 0 Å². The molecule has 23 heavy (non-hydrogen) atoms. The van der Waals surface area contributed by atoms with E-state index in [-0.39, 0.29) is 6.04 Å². The van der Waals surface area contributed by atoms with Gasteiger partial charge >= 0.3 is 6.09 Å². The van der Waals surface area contributed by atoms with Crippen LogP contribution in [0.2, 0.25) is 5.15 Å². The van der Waals surface area contributed by atoms with E-state index in [4.69, 9.17) is 16.7 Å². The molecule has 0 spiro atoms. The number of aromatic nitrogens is 4. The quantitative estimate of drug-likeness (QED) is 0.731. The summed E-state index contributed by atoms with van der Waals surface area (Å²) in [6, 6.07) is 5.53. The number of halogens is 1. The van der Waals surface area contributed by atoms with E-state index >= 15 is 0 Å². The molecule has 0 bridgehead atoms. The monoisotopic (exact) mass is 329 g/mol.